The van der Waals surface area contributed by atoms with Gasteiger partial charge in [-0.3, -0.25) is 0 Å². The highest BCUT2D eigenvalue weighted by atomic mass is 35.5. The minimum atomic E-state index is -1.50. The third-order valence-corrected chi connectivity index (χ3v) is 3.22. The van der Waals surface area contributed by atoms with E-state index in [0.29, 0.717) is 5.92 Å². The van der Waals surface area contributed by atoms with Gasteiger partial charge >= 0.3 is 0 Å². The van der Waals surface area contributed by atoms with Gasteiger partial charge in [0.05, 0.1) is 6.33 Å². The Hall–Kier alpha value is -2.08. The molecule has 7 heteroatoms. The van der Waals surface area contributed by atoms with Crippen molar-refractivity contribution in [3.63, 3.8) is 0 Å². The summed E-state index contributed by atoms with van der Waals surface area (Å²) >= 11 is 5.92. The van der Waals surface area contributed by atoms with E-state index in [2.05, 4.69) is 28.6 Å². The van der Waals surface area contributed by atoms with Crippen molar-refractivity contribution in [2.75, 3.05) is 0 Å². The van der Waals surface area contributed by atoms with Crippen LogP contribution in [0.15, 0.2) is 43.0 Å². The highest BCUT2D eigenvalue weighted by molar-refractivity contribution is 6.30. The van der Waals surface area contributed by atoms with Crippen LogP contribution in [0.2, 0.25) is 5.02 Å². The fourth-order valence-electron chi connectivity index (χ4n) is 2.10. The summed E-state index contributed by atoms with van der Waals surface area (Å²) in [7, 11) is 0. The van der Waals surface area contributed by atoms with Gasteiger partial charge in [-0.2, -0.15) is 0 Å². The first-order chi connectivity index (χ1) is 10.0. The van der Waals surface area contributed by atoms with Gasteiger partial charge in [0.1, 0.15) is 0 Å². The van der Waals surface area contributed by atoms with Crippen LogP contribution < -0.4 is 0 Å². The normalized spacial score (nSPS) is 11.3. The molecule has 1 N–H and O–H groups in total. The van der Waals surface area contributed by atoms with E-state index in [1.54, 1.807) is 0 Å². The van der Waals surface area contributed by atoms with Crippen LogP contribution in [0.1, 0.15) is 31.2 Å². The summed E-state index contributed by atoms with van der Waals surface area (Å²) in [6.07, 6.45) is 8.07. The Morgan fingerprint density at radius 1 is 1.43 bits per heavy atom. The molecule has 0 saturated heterocycles. The summed E-state index contributed by atoms with van der Waals surface area (Å²) in [5.41, 5.74) is 1.35. The van der Waals surface area contributed by atoms with Crippen molar-refractivity contribution in [3.8, 4) is 0 Å². The molecule has 2 rings (SSSR count). The second-order valence-electron chi connectivity index (χ2n) is 4.53. The zero-order valence-corrected chi connectivity index (χ0v) is 12.5. The van der Waals surface area contributed by atoms with E-state index < -0.39 is 5.09 Å². The summed E-state index contributed by atoms with van der Waals surface area (Å²) in [6, 6.07) is 8.18. The highest BCUT2D eigenvalue weighted by Crippen LogP contribution is 2.24. The predicted octanol–water partition coefficient (Wildman–Crippen LogP) is 3.77. The molecule has 114 valence electrons. The van der Waals surface area contributed by atoms with Gasteiger partial charge in [0.15, 0.2) is 0 Å². The Labute approximate surface area is 128 Å². The van der Waals surface area contributed by atoms with Crippen molar-refractivity contribution in [2.24, 2.45) is 0 Å². The van der Waals surface area contributed by atoms with Gasteiger partial charge in [-0.25, -0.2) is 4.98 Å². The average molecular weight is 312 g/mol. The van der Waals surface area contributed by atoms with Crippen LogP contribution in [0.3, 0.4) is 0 Å². The molecule has 0 aliphatic rings. The van der Waals surface area contributed by atoms with Crippen LogP contribution in [-0.2, 0) is 6.54 Å². The van der Waals surface area contributed by atoms with Crippen molar-refractivity contribution >= 4 is 11.6 Å². The van der Waals surface area contributed by atoms with Crippen LogP contribution in [0.25, 0.3) is 0 Å². The van der Waals surface area contributed by atoms with E-state index in [4.69, 9.17) is 26.9 Å². The van der Waals surface area contributed by atoms with E-state index in [0.717, 1.165) is 11.6 Å². The lowest BCUT2D eigenvalue weighted by molar-refractivity contribution is -0.742. The maximum absolute atomic E-state index is 8.36. The molecule has 1 atom stereocenters. The standard InChI is InChI=1S/C14H17ClN2.HNO3/c1-2-3-13(10-17-9-8-16-11-17)12-4-6-14(15)7-5-12;2-1(3)4/h4-9,11,13H,2-3,10H2,1H3;(H,2,3,4). The summed E-state index contributed by atoms with van der Waals surface area (Å²) in [5, 5.41) is 14.4. The van der Waals surface area contributed by atoms with E-state index in [-0.39, 0.29) is 0 Å². The largest absolute Gasteiger partial charge is 0.337 e. The molecule has 1 aromatic carbocycles. The fraction of sp³-hybridized carbons (Fsp3) is 0.357. The van der Waals surface area contributed by atoms with E-state index in [1.807, 2.05) is 30.9 Å². The summed E-state index contributed by atoms with van der Waals surface area (Å²) < 4.78 is 2.13. The first kappa shape index (κ1) is 17.0. The van der Waals surface area contributed by atoms with E-state index >= 15 is 0 Å². The van der Waals surface area contributed by atoms with Crippen LogP contribution in [0.4, 0.5) is 0 Å². The number of halogens is 1. The number of hydrogen-bond acceptors (Lipinski definition) is 3. The molecule has 0 aliphatic heterocycles. The minimum absolute atomic E-state index is 0.534. The topological polar surface area (TPSA) is 81.2 Å². The molecule has 0 aliphatic carbocycles. The van der Waals surface area contributed by atoms with E-state index in [1.165, 1.54) is 18.4 Å². The lowest BCUT2D eigenvalue weighted by Crippen LogP contribution is -2.07. The first-order valence-corrected chi connectivity index (χ1v) is 6.95. The SMILES string of the molecule is CCCC(Cn1ccnc1)c1ccc(Cl)cc1.O=[N+]([O-])O. The number of imidazole rings is 1. The van der Waals surface area contributed by atoms with Crippen molar-refractivity contribution in [3.05, 3.63) is 63.7 Å². The molecule has 1 aromatic heterocycles. The van der Waals surface area contributed by atoms with Crippen molar-refractivity contribution in [1.29, 1.82) is 0 Å². The molecule has 6 nitrogen and oxygen atoms in total. The van der Waals surface area contributed by atoms with Gasteiger partial charge in [-0.05, 0) is 24.1 Å². The number of aromatic nitrogens is 2. The molecule has 0 fully saturated rings. The Kier molecular flexibility index (Phi) is 7.25. The maximum Gasteiger partial charge on any atom is 0.291 e. The fourth-order valence-corrected chi connectivity index (χ4v) is 2.22. The molecule has 1 heterocycles. The monoisotopic (exact) mass is 311 g/mol. The van der Waals surface area contributed by atoms with Gasteiger partial charge in [0.25, 0.3) is 5.09 Å². The van der Waals surface area contributed by atoms with Gasteiger partial charge < -0.3 is 9.77 Å². The quantitative estimate of drug-likeness (QED) is 0.673. The van der Waals surface area contributed by atoms with Crippen LogP contribution in [0.5, 0.6) is 0 Å². The Balaban J connectivity index is 0.000000491. The van der Waals surface area contributed by atoms with Gasteiger partial charge in [-0.15, -0.1) is 10.1 Å². The zero-order chi connectivity index (χ0) is 15.7. The van der Waals surface area contributed by atoms with Crippen LogP contribution in [-0.4, -0.2) is 19.8 Å². The number of rotatable bonds is 5. The van der Waals surface area contributed by atoms with Gasteiger partial charge in [0, 0.05) is 29.9 Å². The molecule has 0 radical (unpaired) electrons. The molecule has 21 heavy (non-hydrogen) atoms. The third kappa shape index (κ3) is 6.76. The molecule has 0 bridgehead atoms. The van der Waals surface area contributed by atoms with Crippen molar-refractivity contribution < 1.29 is 10.3 Å². The summed E-state index contributed by atoms with van der Waals surface area (Å²) in [5.74, 6) is 0.534. The van der Waals surface area contributed by atoms with Crippen LogP contribution >= 0.6 is 11.6 Å². The zero-order valence-electron chi connectivity index (χ0n) is 11.7. The lowest BCUT2D eigenvalue weighted by atomic mass is 9.94. The second kappa shape index (κ2) is 8.97. The second-order valence-corrected chi connectivity index (χ2v) is 4.97. The van der Waals surface area contributed by atoms with Crippen molar-refractivity contribution in [2.45, 2.75) is 32.2 Å². The molecule has 0 spiro atoms. The van der Waals surface area contributed by atoms with E-state index in [9.17, 15) is 0 Å². The smallest absolute Gasteiger partial charge is 0.291 e. The maximum atomic E-state index is 8.36. The Bertz CT molecular complexity index is 525. The van der Waals surface area contributed by atoms with Gasteiger partial charge in [0.2, 0.25) is 0 Å². The molecular formula is C14H18ClN3O3. The van der Waals surface area contributed by atoms with Crippen molar-refractivity contribution in [1.82, 2.24) is 9.55 Å². The Morgan fingerprint density at radius 2 is 2.05 bits per heavy atom. The molecular weight excluding hydrogens is 294 g/mol. The lowest BCUT2D eigenvalue weighted by Gasteiger charge is -2.17. The number of nitrogens with zero attached hydrogens (tertiary/aromatic N) is 3. The average Bonchev–Trinajstić information content (AvgIpc) is 2.91. The number of hydrogen-bond donors (Lipinski definition) is 1. The molecule has 0 amide bonds. The predicted molar refractivity (Wildman–Crippen MR) is 80.1 cm³/mol. The molecule has 1 unspecified atom stereocenters. The number of benzene rings is 1. The first-order valence-electron chi connectivity index (χ1n) is 6.57. The minimum Gasteiger partial charge on any atom is -0.337 e. The summed E-state index contributed by atoms with van der Waals surface area (Å²) in [6.45, 7) is 3.20. The third-order valence-electron chi connectivity index (χ3n) is 2.97. The molecule has 2 aromatic rings. The Morgan fingerprint density at radius 3 is 2.52 bits per heavy atom. The van der Waals surface area contributed by atoms with Gasteiger partial charge in [-0.1, -0.05) is 37.1 Å². The molecule has 0 saturated carbocycles. The summed E-state index contributed by atoms with van der Waals surface area (Å²) in [4.78, 5) is 12.4. The van der Waals surface area contributed by atoms with Crippen LogP contribution in [0, 0.1) is 10.1 Å². The highest BCUT2D eigenvalue weighted by Gasteiger charge is 2.11.